The number of cyclic esters (lactones) is 1. The zero-order chi connectivity index (χ0) is 21.7. The lowest BCUT2D eigenvalue weighted by atomic mass is 9.61. The van der Waals surface area contributed by atoms with Gasteiger partial charge in [-0.3, -0.25) is 4.79 Å². The molecule has 2 fully saturated rings. The summed E-state index contributed by atoms with van der Waals surface area (Å²) in [6.07, 6.45) is 0.172. The van der Waals surface area contributed by atoms with Crippen molar-refractivity contribution in [3.63, 3.8) is 0 Å². The Labute approximate surface area is 181 Å². The molecule has 0 spiro atoms. The van der Waals surface area contributed by atoms with Crippen LogP contribution in [0, 0.1) is 17.8 Å². The number of rotatable bonds is 4. The highest BCUT2D eigenvalue weighted by molar-refractivity contribution is 5.77. The van der Waals surface area contributed by atoms with Gasteiger partial charge in [-0.25, -0.2) is 0 Å². The molecule has 31 heavy (non-hydrogen) atoms. The van der Waals surface area contributed by atoms with Gasteiger partial charge in [0.25, 0.3) is 0 Å². The van der Waals surface area contributed by atoms with Crippen LogP contribution in [0.3, 0.4) is 0 Å². The van der Waals surface area contributed by atoms with Crippen molar-refractivity contribution in [2.24, 2.45) is 17.8 Å². The molecule has 0 radical (unpaired) electrons. The van der Waals surface area contributed by atoms with Crippen LogP contribution in [0.15, 0.2) is 12.1 Å². The van der Waals surface area contributed by atoms with E-state index in [-0.39, 0.29) is 48.6 Å². The van der Waals surface area contributed by atoms with Crippen molar-refractivity contribution in [3.05, 3.63) is 23.3 Å². The van der Waals surface area contributed by atoms with E-state index in [4.69, 9.17) is 28.4 Å². The number of ether oxygens (including phenoxy) is 6. The molecule has 170 valence electrons. The van der Waals surface area contributed by atoms with E-state index in [9.17, 15) is 9.90 Å². The van der Waals surface area contributed by atoms with E-state index in [0.717, 1.165) is 24.0 Å². The maximum absolute atomic E-state index is 12.9. The van der Waals surface area contributed by atoms with Gasteiger partial charge in [-0.15, -0.1) is 0 Å². The number of esters is 1. The van der Waals surface area contributed by atoms with E-state index in [1.165, 1.54) is 0 Å². The van der Waals surface area contributed by atoms with Crippen LogP contribution < -0.4 is 9.47 Å². The van der Waals surface area contributed by atoms with Crippen LogP contribution >= 0.6 is 0 Å². The standard InChI is InChI=1S/C23H30O8/c1-26-17-6-11(7-18(27-2)22(17)28-3)19-12-8-15-16(30-5-4-29-15)9-13(12)21(24)14-10-31-23(25)20(14)19/h8-9,11,14,17-22,24H,4-7,10H2,1-3H3/t11?,14-,17?,18?,19+,20-,21+,22?/m1/s1. The average molecular weight is 434 g/mol. The number of methoxy groups -OCH3 is 3. The molecule has 0 bridgehead atoms. The molecule has 1 saturated heterocycles. The molecule has 8 nitrogen and oxygen atoms in total. The molecule has 1 N–H and O–H groups in total. The topological polar surface area (TPSA) is 92.7 Å². The number of aliphatic hydroxyl groups is 1. The molecular formula is C23H30O8. The minimum Gasteiger partial charge on any atom is -0.486 e. The Balaban J connectivity index is 1.59. The van der Waals surface area contributed by atoms with Crippen molar-refractivity contribution in [3.8, 4) is 11.5 Å². The summed E-state index contributed by atoms with van der Waals surface area (Å²) in [6.45, 7) is 1.18. The summed E-state index contributed by atoms with van der Waals surface area (Å²) >= 11 is 0. The summed E-state index contributed by atoms with van der Waals surface area (Å²) in [4.78, 5) is 12.9. The predicted octanol–water partition coefficient (Wildman–Crippen LogP) is 1.83. The molecule has 8 heteroatoms. The van der Waals surface area contributed by atoms with E-state index in [1.54, 1.807) is 21.3 Å². The molecule has 5 rings (SSSR count). The summed E-state index contributed by atoms with van der Waals surface area (Å²) in [5.74, 6) is 0.309. The number of benzene rings is 1. The molecule has 4 aliphatic rings. The normalized spacial score (nSPS) is 38.9. The second-order valence-corrected chi connectivity index (χ2v) is 8.90. The molecule has 1 aromatic rings. The summed E-state index contributed by atoms with van der Waals surface area (Å²) < 4.78 is 34.3. The smallest absolute Gasteiger partial charge is 0.310 e. The Morgan fingerprint density at radius 1 is 0.871 bits per heavy atom. The number of fused-ring (bicyclic) bond motifs is 3. The van der Waals surface area contributed by atoms with Gasteiger partial charge in [-0.05, 0) is 42.0 Å². The number of carbonyl (C=O) groups excluding carboxylic acids is 1. The van der Waals surface area contributed by atoms with Crippen LogP contribution in [-0.2, 0) is 23.7 Å². The Kier molecular flexibility index (Phi) is 5.58. The minimum atomic E-state index is -0.787. The largest absolute Gasteiger partial charge is 0.486 e. The molecule has 0 amide bonds. The molecule has 2 aliphatic carbocycles. The van der Waals surface area contributed by atoms with Gasteiger partial charge in [0.1, 0.15) is 19.3 Å². The van der Waals surface area contributed by atoms with Gasteiger partial charge < -0.3 is 33.5 Å². The summed E-state index contributed by atoms with van der Waals surface area (Å²) in [6, 6.07) is 3.83. The lowest BCUT2D eigenvalue weighted by molar-refractivity contribution is -0.151. The zero-order valence-corrected chi connectivity index (χ0v) is 18.1. The quantitative estimate of drug-likeness (QED) is 0.718. The predicted molar refractivity (Wildman–Crippen MR) is 108 cm³/mol. The summed E-state index contributed by atoms with van der Waals surface area (Å²) in [5.41, 5.74) is 1.73. The fraction of sp³-hybridized carbons (Fsp3) is 0.696. The van der Waals surface area contributed by atoms with Gasteiger partial charge in [0.05, 0.1) is 30.8 Å². The molecular weight excluding hydrogens is 404 g/mol. The van der Waals surface area contributed by atoms with Crippen LogP contribution in [0.4, 0.5) is 0 Å². The van der Waals surface area contributed by atoms with Gasteiger partial charge >= 0.3 is 5.97 Å². The Morgan fingerprint density at radius 3 is 2.06 bits per heavy atom. The van der Waals surface area contributed by atoms with Gasteiger partial charge in [0.15, 0.2) is 11.5 Å². The molecule has 2 heterocycles. The van der Waals surface area contributed by atoms with Gasteiger partial charge in [-0.2, -0.15) is 0 Å². The first-order valence-corrected chi connectivity index (χ1v) is 10.9. The first-order valence-electron chi connectivity index (χ1n) is 10.9. The average Bonchev–Trinajstić information content (AvgIpc) is 3.19. The highest BCUT2D eigenvalue weighted by Crippen LogP contribution is 2.56. The van der Waals surface area contributed by atoms with Crippen LogP contribution in [0.25, 0.3) is 0 Å². The number of carbonyl (C=O) groups is 1. The molecule has 0 aromatic heterocycles. The third-order valence-electron chi connectivity index (χ3n) is 7.56. The van der Waals surface area contributed by atoms with E-state index in [2.05, 4.69) is 0 Å². The Bertz CT molecular complexity index is 827. The van der Waals surface area contributed by atoms with Crippen LogP contribution in [0.2, 0.25) is 0 Å². The van der Waals surface area contributed by atoms with Crippen molar-refractivity contribution in [2.45, 2.75) is 43.2 Å². The number of aliphatic hydroxyl groups excluding tert-OH is 1. The SMILES string of the molecule is COC1CC([C@H]2c3cc4c(cc3[C@H](O)[C@@H]3COC(=O)[C@H]32)OCCO4)CC(OC)C1OC. The minimum absolute atomic E-state index is 0.0910. The summed E-state index contributed by atoms with van der Waals surface area (Å²) in [5, 5.41) is 11.1. The number of hydrogen-bond donors (Lipinski definition) is 1. The second-order valence-electron chi connectivity index (χ2n) is 8.90. The molecule has 1 saturated carbocycles. The van der Waals surface area contributed by atoms with E-state index >= 15 is 0 Å². The second kappa shape index (κ2) is 8.24. The molecule has 1 aromatic carbocycles. The Morgan fingerprint density at radius 2 is 1.48 bits per heavy atom. The highest BCUT2D eigenvalue weighted by atomic mass is 16.6. The van der Waals surface area contributed by atoms with Crippen molar-refractivity contribution in [1.82, 2.24) is 0 Å². The summed E-state index contributed by atoms with van der Waals surface area (Å²) in [7, 11) is 5.03. The van der Waals surface area contributed by atoms with E-state index < -0.39 is 12.0 Å². The third-order valence-corrected chi connectivity index (χ3v) is 7.56. The zero-order valence-electron chi connectivity index (χ0n) is 18.1. The first kappa shape index (κ1) is 21.0. The van der Waals surface area contributed by atoms with Crippen molar-refractivity contribution < 1.29 is 38.3 Å². The monoisotopic (exact) mass is 434 g/mol. The molecule has 2 unspecified atom stereocenters. The van der Waals surface area contributed by atoms with E-state index in [0.29, 0.717) is 24.7 Å². The fourth-order valence-electron chi connectivity index (χ4n) is 6.15. The lowest BCUT2D eigenvalue weighted by Gasteiger charge is -2.46. The first-order chi connectivity index (χ1) is 15.1. The highest BCUT2D eigenvalue weighted by Gasteiger charge is 2.55. The third kappa shape index (κ3) is 3.31. The fourth-order valence-corrected chi connectivity index (χ4v) is 6.15. The Hall–Kier alpha value is -1.87. The van der Waals surface area contributed by atoms with Crippen molar-refractivity contribution in [2.75, 3.05) is 41.2 Å². The van der Waals surface area contributed by atoms with Gasteiger partial charge in [0, 0.05) is 33.2 Å². The molecule has 2 aliphatic heterocycles. The van der Waals surface area contributed by atoms with Crippen LogP contribution in [-0.4, -0.2) is 70.5 Å². The van der Waals surface area contributed by atoms with Crippen molar-refractivity contribution >= 4 is 5.97 Å². The van der Waals surface area contributed by atoms with E-state index in [1.807, 2.05) is 12.1 Å². The van der Waals surface area contributed by atoms with Crippen LogP contribution in [0.1, 0.15) is 36.0 Å². The van der Waals surface area contributed by atoms with Crippen molar-refractivity contribution in [1.29, 1.82) is 0 Å². The number of hydrogen-bond acceptors (Lipinski definition) is 8. The van der Waals surface area contributed by atoms with Gasteiger partial charge in [-0.1, -0.05) is 0 Å². The maximum Gasteiger partial charge on any atom is 0.310 e. The lowest BCUT2D eigenvalue weighted by Crippen LogP contribution is -2.50. The molecule has 6 atom stereocenters. The van der Waals surface area contributed by atoms with Crippen LogP contribution in [0.5, 0.6) is 11.5 Å². The maximum atomic E-state index is 12.9. The van der Waals surface area contributed by atoms with Gasteiger partial charge in [0.2, 0.25) is 0 Å².